The van der Waals surface area contributed by atoms with E-state index in [4.69, 9.17) is 23.9 Å². The summed E-state index contributed by atoms with van der Waals surface area (Å²) in [6, 6.07) is 13.2. The summed E-state index contributed by atoms with van der Waals surface area (Å²) in [7, 11) is 5.27. The van der Waals surface area contributed by atoms with Crippen molar-refractivity contribution in [1.82, 2.24) is 10.6 Å². The molecule has 0 radical (unpaired) electrons. The average Bonchev–Trinajstić information content (AvgIpc) is 4.25. The van der Waals surface area contributed by atoms with E-state index in [0.717, 1.165) is 107 Å². The highest BCUT2D eigenvalue weighted by Gasteiger charge is 2.61. The summed E-state index contributed by atoms with van der Waals surface area (Å²) >= 11 is 0. The third kappa shape index (κ3) is 10.6. The molecule has 2 aliphatic heterocycles. The molecule has 1 spiro atoms. The molecule has 6 saturated carbocycles. The number of aliphatic imine (C=N–C) groups is 1. The van der Waals surface area contributed by atoms with Crippen LogP contribution in [-0.2, 0) is 21.4 Å². The third-order valence-electron chi connectivity index (χ3n) is 20.6. The van der Waals surface area contributed by atoms with Crippen molar-refractivity contribution in [2.45, 2.75) is 165 Å². The second-order valence-corrected chi connectivity index (χ2v) is 24.4. The predicted molar refractivity (Wildman–Crippen MR) is 295 cm³/mol. The van der Waals surface area contributed by atoms with Crippen LogP contribution in [0.3, 0.4) is 0 Å². The number of aliphatic hydroxyl groups excluding tert-OH is 3. The van der Waals surface area contributed by atoms with Gasteiger partial charge in [0, 0.05) is 68.9 Å². The van der Waals surface area contributed by atoms with Crippen LogP contribution in [0, 0.1) is 88.6 Å². The molecule has 8 aliphatic rings. The fraction of sp³-hybridized carbons (Fsp3) is 0.683. The van der Waals surface area contributed by atoms with Crippen LogP contribution >= 0.6 is 0 Å². The van der Waals surface area contributed by atoms with Crippen molar-refractivity contribution >= 4 is 17.4 Å². The second-order valence-electron chi connectivity index (χ2n) is 24.4. The van der Waals surface area contributed by atoms with Gasteiger partial charge < -0.3 is 50.0 Å². The Hall–Kier alpha value is -4.76. The molecule has 10 rings (SSSR count). The fourth-order valence-corrected chi connectivity index (χ4v) is 17.2. The number of hydrogen-bond donors (Lipinski definition) is 7. The van der Waals surface area contributed by atoms with Crippen LogP contribution in [-0.4, -0.2) is 91.1 Å². The van der Waals surface area contributed by atoms with Gasteiger partial charge in [-0.15, -0.1) is 0 Å². The van der Waals surface area contributed by atoms with Gasteiger partial charge in [0.15, 0.2) is 29.3 Å². The summed E-state index contributed by atoms with van der Waals surface area (Å²) in [6.45, 7) is 3.13. The number of carbonyl (C=O) groups is 1. The Labute approximate surface area is 452 Å². The number of methoxy groups -OCH3 is 1. The molecule has 6 aliphatic carbocycles. The number of guanidine groups is 1. The first-order valence-electron chi connectivity index (χ1n) is 29.3. The van der Waals surface area contributed by atoms with Gasteiger partial charge in [-0.25, -0.2) is 0 Å². The predicted octanol–water partition coefficient (Wildman–Crippen LogP) is 9.40. The van der Waals surface area contributed by atoms with E-state index < -0.39 is 22.7 Å². The minimum absolute atomic E-state index is 0.00179. The minimum Gasteiger partial charge on any atom is -0.504 e. The first-order chi connectivity index (χ1) is 37.0. The Balaban J connectivity index is 1.12. The van der Waals surface area contributed by atoms with Gasteiger partial charge in [0.05, 0.1) is 18.9 Å². The smallest absolute Gasteiger partial charge is 0.207 e. The van der Waals surface area contributed by atoms with Crippen molar-refractivity contribution in [3.63, 3.8) is 0 Å². The number of nitrogens with zero attached hydrogens (tertiary/aromatic N) is 1. The van der Waals surface area contributed by atoms with Crippen molar-refractivity contribution in [2.24, 2.45) is 69.6 Å². The molecule has 0 saturated heterocycles. The van der Waals surface area contributed by atoms with E-state index in [2.05, 4.69) is 65.1 Å². The number of carbonyl (C=O) groups excluding carboxylic acids is 1. The summed E-state index contributed by atoms with van der Waals surface area (Å²) < 4.78 is 26.2. The zero-order valence-electron chi connectivity index (χ0n) is 45.7. The Morgan fingerprint density at radius 2 is 1.86 bits per heavy atom. The van der Waals surface area contributed by atoms with Gasteiger partial charge >= 0.3 is 0 Å². The number of ether oxygens (including phenoxy) is 4. The minimum atomic E-state index is -0.969. The zero-order chi connectivity index (χ0) is 53.0. The number of rotatable bonds is 14. The third-order valence-corrected chi connectivity index (χ3v) is 20.6. The topological polar surface area (TPSA) is 183 Å². The van der Waals surface area contributed by atoms with E-state index in [1.807, 2.05) is 25.3 Å². The van der Waals surface area contributed by atoms with Gasteiger partial charge in [-0.05, 0) is 185 Å². The van der Waals surface area contributed by atoms with Crippen LogP contribution < -0.4 is 30.2 Å². The number of aromatic hydroxyl groups is 1. The number of benzene rings is 2. The van der Waals surface area contributed by atoms with Gasteiger partial charge in [0.1, 0.15) is 11.7 Å². The number of aliphatic hydroxyl groups is 3. The van der Waals surface area contributed by atoms with Crippen LogP contribution in [0.25, 0.3) is 0 Å². The lowest BCUT2D eigenvalue weighted by molar-refractivity contribution is -0.159. The molecule has 13 nitrogen and oxygen atoms in total. The molecule has 2 aromatic rings. The summed E-state index contributed by atoms with van der Waals surface area (Å²) in [5.74, 6) is 11.3. The number of allylic oxidation sites excluding steroid dienone is 2. The Morgan fingerprint density at radius 3 is 2.66 bits per heavy atom. The summed E-state index contributed by atoms with van der Waals surface area (Å²) in [6.07, 6.45) is 24.4. The van der Waals surface area contributed by atoms with Crippen LogP contribution in [0.15, 0.2) is 47.5 Å². The fourth-order valence-electron chi connectivity index (χ4n) is 17.2. The molecule has 4 bridgehead atoms. The first kappa shape index (κ1) is 54.6. The number of phenols is 1. The van der Waals surface area contributed by atoms with E-state index in [-0.39, 0.29) is 66.4 Å². The maximum atomic E-state index is 15.8. The summed E-state index contributed by atoms with van der Waals surface area (Å²) in [4.78, 5) is 20.5. The molecule has 0 amide bonds. The monoisotopic (exact) mass is 1040 g/mol. The number of ketones is 1. The van der Waals surface area contributed by atoms with Crippen LogP contribution in [0.4, 0.5) is 5.69 Å². The van der Waals surface area contributed by atoms with Gasteiger partial charge in [0.25, 0.3) is 0 Å². The molecule has 13 heteroatoms. The zero-order valence-corrected chi connectivity index (χ0v) is 45.7. The maximum Gasteiger partial charge on any atom is 0.207 e. The van der Waals surface area contributed by atoms with Crippen molar-refractivity contribution in [2.75, 3.05) is 46.3 Å². The quantitative estimate of drug-likeness (QED) is 0.0704. The molecule has 0 unspecified atom stereocenters. The molecule has 412 valence electrons. The lowest BCUT2D eigenvalue weighted by Crippen LogP contribution is -2.55. The SMILES string of the molecule is CC[C@H]1CC[C@@H]2[C@@H](CCCO)[C@H]3CCC[C@]34c3cc(c5c(c3)O[C@@]3(CNC)C[C@@H](C[C@H](O)O[C@H]6CCC[C@H]6CO)[C@@H](CC#CO5)C3)NC(=NC)NC#CC[C@@H]3CCC[C@@]3(Cc3ccc(O)c(OC)c3)C(=O)/C=C/[C@@H]4[C@H]2C1. The van der Waals surface area contributed by atoms with Crippen molar-refractivity contribution in [3.8, 4) is 47.0 Å². The molecule has 15 atom stereocenters. The van der Waals surface area contributed by atoms with Gasteiger partial charge in [-0.2, -0.15) is 0 Å². The molecule has 76 heavy (non-hydrogen) atoms. The van der Waals surface area contributed by atoms with Crippen molar-refractivity contribution < 1.29 is 44.2 Å². The van der Waals surface area contributed by atoms with E-state index >= 15 is 4.79 Å². The Bertz CT molecular complexity index is 2580. The number of nitrogens with one attached hydrogen (secondary N) is 3. The summed E-state index contributed by atoms with van der Waals surface area (Å²) in [5.41, 5.74) is 1.01. The average molecular weight is 1040 g/mol. The normalized spacial score (nSPS) is 36.9. The van der Waals surface area contributed by atoms with E-state index in [1.165, 1.54) is 6.42 Å². The van der Waals surface area contributed by atoms with Crippen LogP contribution in [0.1, 0.15) is 146 Å². The highest BCUT2D eigenvalue weighted by Crippen LogP contribution is 2.67. The lowest BCUT2D eigenvalue weighted by Gasteiger charge is -2.59. The van der Waals surface area contributed by atoms with Crippen LogP contribution in [0.5, 0.6) is 23.0 Å². The Kier molecular flexibility index (Phi) is 17.0. The van der Waals surface area contributed by atoms with Crippen molar-refractivity contribution in [3.05, 3.63) is 53.6 Å². The molecule has 7 N–H and O–H groups in total. The largest absolute Gasteiger partial charge is 0.504 e. The first-order valence-corrected chi connectivity index (χ1v) is 29.3. The highest BCUT2D eigenvalue weighted by molar-refractivity contribution is 5.97. The number of likely N-dealkylation sites (N-methyl/N-ethyl adjacent to an activating group) is 1. The standard InChI is InChI=1S/C63H86N4O9/c1-5-40-19-21-47-48(16-10-28-68)50-17-8-26-63(50)46-33-52(59-56(34-46)76-61(39-64-2)36-42(13-11-29-74-59)44(37-61)32-58(72)75-54-18-6-12-43(54)38-69)67-60(65-3)66-27-9-15-45-14-7-25-62(45,57(71)24-22-51(63)49(47)30-40)35-41-20-23-53(70)55(31-41)73-4/h20,22-24,31,33-34,40,42-45,47-51,54,58,64,68-70,72H,5-8,10,12-19,21,25-26,28,30,32,35-39H2,1-4H3,(H2,65,66,67)/b24-22+/t40-,42-,43-,44+,45-,47+,48+,49-,50+,51+,54-,58+,61+,62-,63-/m0/s1. The van der Waals surface area contributed by atoms with Gasteiger partial charge in [-0.1, -0.05) is 63.0 Å². The van der Waals surface area contributed by atoms with Crippen LogP contribution in [0.2, 0.25) is 0 Å². The molecular weight excluding hydrogens is 957 g/mol. The van der Waals surface area contributed by atoms with E-state index in [9.17, 15) is 20.4 Å². The lowest BCUT2D eigenvalue weighted by atomic mass is 9.45. The highest BCUT2D eigenvalue weighted by atomic mass is 16.6. The van der Waals surface area contributed by atoms with Crippen molar-refractivity contribution in [1.29, 1.82) is 0 Å². The maximum absolute atomic E-state index is 15.8. The molecule has 2 heterocycles. The molecular formula is C63H86N4O9. The van der Waals surface area contributed by atoms with Gasteiger partial charge in [0.2, 0.25) is 11.7 Å². The molecule has 0 aromatic heterocycles. The van der Waals surface area contributed by atoms with E-state index in [1.54, 1.807) is 20.2 Å². The number of phenolic OH excluding ortho intramolecular Hbond substituents is 1. The van der Waals surface area contributed by atoms with Gasteiger partial charge in [-0.3, -0.25) is 15.1 Å². The van der Waals surface area contributed by atoms with E-state index in [0.29, 0.717) is 91.2 Å². The number of anilines is 1. The second kappa shape index (κ2) is 23.7. The Morgan fingerprint density at radius 1 is 0.987 bits per heavy atom. The summed E-state index contributed by atoms with van der Waals surface area (Å²) in [5, 5.41) is 53.2. The molecule has 6 fully saturated rings. The number of fused-ring (bicyclic) bond motifs is 9. The number of hydrogen-bond acceptors (Lipinski definition) is 11. The molecule has 2 aromatic carbocycles.